The van der Waals surface area contributed by atoms with Crippen LogP contribution in [0.1, 0.15) is 69.8 Å². The van der Waals surface area contributed by atoms with Gasteiger partial charge in [-0.2, -0.15) is 0 Å². The average molecular weight is 772 g/mol. The largest absolute Gasteiger partial charge is 0.459 e. The van der Waals surface area contributed by atoms with Crippen LogP contribution in [-0.2, 0) is 19.3 Å². The van der Waals surface area contributed by atoms with E-state index in [-0.39, 0.29) is 54.1 Å². The van der Waals surface area contributed by atoms with Gasteiger partial charge in [0.15, 0.2) is 0 Å². The predicted molar refractivity (Wildman–Crippen MR) is 222 cm³/mol. The van der Waals surface area contributed by atoms with E-state index in [0.29, 0.717) is 19.3 Å². The molecule has 0 amide bonds. The molecule has 7 rings (SSSR count). The van der Waals surface area contributed by atoms with E-state index in [1.54, 1.807) is 34.0 Å². The minimum absolute atomic E-state index is 0.0741. The maximum absolute atomic E-state index is 6.84. The highest BCUT2D eigenvalue weighted by atomic mass is 32.1. The third kappa shape index (κ3) is 10.0. The van der Waals surface area contributed by atoms with E-state index < -0.39 is 0 Å². The van der Waals surface area contributed by atoms with Crippen LogP contribution in [0.15, 0.2) is 144 Å². The SMILES string of the molecule is CC(c1cccs1)C(Cc1ccccc1)Oc1nc(OC(Cc2ccccc2)C(C)c2cccs2)nc(OC(Cc2ccccc2)C(C)c2cccs2)n1. The zero-order valence-corrected chi connectivity index (χ0v) is 33.2. The Balaban J connectivity index is 1.26. The lowest BCUT2D eigenvalue weighted by Gasteiger charge is -2.27. The summed E-state index contributed by atoms with van der Waals surface area (Å²) in [6, 6.07) is 44.6. The summed E-state index contributed by atoms with van der Waals surface area (Å²) in [4.78, 5) is 18.3. The van der Waals surface area contributed by atoms with Crippen molar-refractivity contribution in [1.29, 1.82) is 0 Å². The molecule has 276 valence electrons. The van der Waals surface area contributed by atoms with Gasteiger partial charge < -0.3 is 14.2 Å². The molecule has 0 saturated carbocycles. The molecule has 0 aliphatic rings. The fraction of sp³-hybridized carbons (Fsp3) is 0.267. The Morgan fingerprint density at radius 3 is 0.907 bits per heavy atom. The molecule has 6 nitrogen and oxygen atoms in total. The van der Waals surface area contributed by atoms with Gasteiger partial charge in [-0.1, -0.05) is 130 Å². The molecule has 7 aromatic rings. The van der Waals surface area contributed by atoms with Crippen LogP contribution in [0, 0.1) is 0 Å². The van der Waals surface area contributed by atoms with Crippen molar-refractivity contribution in [3.05, 3.63) is 175 Å². The van der Waals surface area contributed by atoms with E-state index in [2.05, 4.69) is 146 Å². The van der Waals surface area contributed by atoms with Gasteiger partial charge in [-0.05, 0) is 51.0 Å². The molecule has 54 heavy (non-hydrogen) atoms. The van der Waals surface area contributed by atoms with E-state index in [9.17, 15) is 0 Å². The smallest absolute Gasteiger partial charge is 0.326 e. The minimum atomic E-state index is -0.260. The maximum Gasteiger partial charge on any atom is 0.326 e. The molecule has 0 aliphatic heterocycles. The highest BCUT2D eigenvalue weighted by Crippen LogP contribution is 2.33. The first-order valence-corrected chi connectivity index (χ1v) is 21.1. The summed E-state index contributed by atoms with van der Waals surface area (Å²) in [5, 5.41) is 6.32. The van der Waals surface area contributed by atoms with Gasteiger partial charge in [-0.25, -0.2) is 0 Å². The van der Waals surface area contributed by atoms with Crippen LogP contribution in [0.25, 0.3) is 0 Å². The monoisotopic (exact) mass is 771 g/mol. The zero-order valence-electron chi connectivity index (χ0n) is 30.7. The van der Waals surface area contributed by atoms with E-state index in [0.717, 1.165) is 0 Å². The second kappa shape index (κ2) is 18.5. The summed E-state index contributed by atoms with van der Waals surface area (Å²) in [5.74, 6) is 0.222. The number of rotatable bonds is 18. The van der Waals surface area contributed by atoms with Crippen LogP contribution < -0.4 is 14.2 Å². The second-order valence-corrected chi connectivity index (χ2v) is 16.6. The number of thiophene rings is 3. The molecule has 0 radical (unpaired) electrons. The van der Waals surface area contributed by atoms with Gasteiger partial charge in [0.25, 0.3) is 0 Å². The molecule has 3 aromatic carbocycles. The van der Waals surface area contributed by atoms with Gasteiger partial charge in [-0.15, -0.1) is 49.0 Å². The summed E-state index contributed by atoms with van der Waals surface area (Å²) >= 11 is 5.19. The van der Waals surface area contributed by atoms with E-state index in [1.807, 2.05) is 18.2 Å². The number of nitrogens with zero attached hydrogens (tertiary/aromatic N) is 3. The molecule has 4 aromatic heterocycles. The molecule has 0 bridgehead atoms. The summed E-state index contributed by atoms with van der Waals surface area (Å²) in [6.45, 7) is 6.60. The lowest BCUT2D eigenvalue weighted by atomic mass is 9.96. The molecule has 0 spiro atoms. The third-order valence-corrected chi connectivity index (χ3v) is 13.1. The number of aromatic nitrogens is 3. The first-order chi connectivity index (χ1) is 26.5. The standard InChI is InChI=1S/C45H45N3O3S3/c1-31(40-22-13-25-52-40)37(28-34-16-7-4-8-17-34)49-43-46-44(50-38(29-35-18-9-5-10-19-35)32(2)41-23-14-26-53-41)48-45(47-43)51-39(30-36-20-11-6-12-21-36)33(3)42-24-15-27-54-42/h4-27,31-33,37-39H,28-30H2,1-3H3. The molecule has 6 atom stereocenters. The number of hydrogen-bond acceptors (Lipinski definition) is 9. The highest BCUT2D eigenvalue weighted by Gasteiger charge is 2.29. The lowest BCUT2D eigenvalue weighted by molar-refractivity contribution is 0.123. The molecular weight excluding hydrogens is 727 g/mol. The number of hydrogen-bond donors (Lipinski definition) is 0. The van der Waals surface area contributed by atoms with Crippen LogP contribution in [0.2, 0.25) is 0 Å². The van der Waals surface area contributed by atoms with Crippen molar-refractivity contribution < 1.29 is 14.2 Å². The van der Waals surface area contributed by atoms with Gasteiger partial charge in [0, 0.05) is 51.6 Å². The first kappa shape index (κ1) is 37.5. The van der Waals surface area contributed by atoms with Crippen molar-refractivity contribution >= 4 is 34.0 Å². The Morgan fingerprint density at radius 1 is 0.389 bits per heavy atom. The molecule has 4 heterocycles. The summed E-state index contributed by atoms with van der Waals surface area (Å²) in [6.07, 6.45) is 1.25. The third-order valence-electron chi connectivity index (χ3n) is 9.83. The highest BCUT2D eigenvalue weighted by molar-refractivity contribution is 7.10. The average Bonchev–Trinajstić information content (AvgIpc) is 4.03. The van der Waals surface area contributed by atoms with Crippen molar-refractivity contribution in [2.75, 3.05) is 0 Å². The quantitative estimate of drug-likeness (QED) is 0.0865. The Morgan fingerprint density at radius 2 is 0.667 bits per heavy atom. The molecule has 0 N–H and O–H groups in total. The topological polar surface area (TPSA) is 66.4 Å². The van der Waals surface area contributed by atoms with Crippen LogP contribution >= 0.6 is 34.0 Å². The van der Waals surface area contributed by atoms with Gasteiger partial charge in [0.05, 0.1) is 0 Å². The summed E-state index contributed by atoms with van der Waals surface area (Å²) in [7, 11) is 0. The first-order valence-electron chi connectivity index (χ1n) is 18.5. The Kier molecular flexibility index (Phi) is 12.8. The number of benzene rings is 3. The van der Waals surface area contributed by atoms with Crippen molar-refractivity contribution in [3.8, 4) is 18.0 Å². The zero-order chi connectivity index (χ0) is 37.1. The molecular formula is C45H45N3O3S3. The van der Waals surface area contributed by atoms with E-state index >= 15 is 0 Å². The fourth-order valence-corrected chi connectivity index (χ4v) is 9.10. The normalized spacial score (nSPS) is 14.7. The number of ether oxygens (including phenoxy) is 3. The van der Waals surface area contributed by atoms with E-state index in [4.69, 9.17) is 29.2 Å². The van der Waals surface area contributed by atoms with Crippen LogP contribution in [0.4, 0.5) is 0 Å². The van der Waals surface area contributed by atoms with Crippen molar-refractivity contribution in [1.82, 2.24) is 15.0 Å². The van der Waals surface area contributed by atoms with Crippen molar-refractivity contribution in [3.63, 3.8) is 0 Å². The summed E-state index contributed by atoms with van der Waals surface area (Å²) in [5.41, 5.74) is 3.52. The maximum atomic E-state index is 6.84. The minimum Gasteiger partial charge on any atom is -0.459 e. The van der Waals surface area contributed by atoms with Crippen molar-refractivity contribution in [2.24, 2.45) is 0 Å². The Bertz CT molecular complexity index is 1840. The molecule has 0 saturated heterocycles. The molecule has 0 aliphatic carbocycles. The van der Waals surface area contributed by atoms with E-state index in [1.165, 1.54) is 31.3 Å². The molecule has 6 unspecified atom stereocenters. The van der Waals surface area contributed by atoms with Crippen LogP contribution in [0.5, 0.6) is 18.0 Å². The second-order valence-electron chi connectivity index (χ2n) is 13.6. The van der Waals surface area contributed by atoms with Gasteiger partial charge in [0.2, 0.25) is 0 Å². The Labute approximate surface area is 330 Å². The fourth-order valence-electron chi connectivity index (χ4n) is 6.59. The van der Waals surface area contributed by atoms with Gasteiger partial charge in [0.1, 0.15) is 18.3 Å². The molecule has 0 fully saturated rings. The lowest BCUT2D eigenvalue weighted by Crippen LogP contribution is -2.30. The molecule has 9 heteroatoms. The summed E-state index contributed by atoms with van der Waals surface area (Å²) < 4.78 is 20.5. The van der Waals surface area contributed by atoms with Gasteiger partial charge in [-0.3, -0.25) is 0 Å². The predicted octanol–water partition coefficient (Wildman–Crippen LogP) is 11.4. The van der Waals surface area contributed by atoms with Gasteiger partial charge >= 0.3 is 18.0 Å². The van der Waals surface area contributed by atoms with Crippen LogP contribution in [-0.4, -0.2) is 33.3 Å². The Hall–Kier alpha value is -4.83. The van der Waals surface area contributed by atoms with Crippen LogP contribution in [0.3, 0.4) is 0 Å². The van der Waals surface area contributed by atoms with Crippen molar-refractivity contribution in [2.45, 2.75) is 76.1 Å².